The minimum absolute atomic E-state index is 0. The molecular weight excluding hydrogens is 237 g/mol. The van der Waals surface area contributed by atoms with Gasteiger partial charge in [0.25, 0.3) is 0 Å². The second-order valence-electron chi connectivity index (χ2n) is 0.214. The van der Waals surface area contributed by atoms with Crippen molar-refractivity contribution in [1.29, 1.82) is 0 Å². The van der Waals surface area contributed by atoms with Gasteiger partial charge in [-0.25, -0.2) is 0 Å². The molecule has 0 spiro atoms. The van der Waals surface area contributed by atoms with E-state index in [0.29, 0.717) is 0 Å². The predicted octanol–water partition coefficient (Wildman–Crippen LogP) is 1.10. The van der Waals surface area contributed by atoms with Gasteiger partial charge in [-0.05, 0) is 0 Å². The van der Waals surface area contributed by atoms with Crippen LogP contribution >= 0.6 is 0 Å². The van der Waals surface area contributed by atoms with Crippen LogP contribution in [0.25, 0.3) is 0 Å². The zero-order valence-corrected chi connectivity index (χ0v) is 7.69. The van der Waals surface area contributed by atoms with Crippen LogP contribution in [0.15, 0.2) is 0 Å². The molecule has 0 nitrogen and oxygen atoms in total. The fraction of sp³-hybridized carbons (Fsp3) is 0. The molecule has 0 aromatic carbocycles. The fourth-order valence-corrected chi connectivity index (χ4v) is 0. The zero-order chi connectivity index (χ0) is 3.58. The molecular formula is H2CaCeF3. The number of hydrogen-bond acceptors (Lipinski definition) is 0. The molecule has 0 amide bonds. The van der Waals surface area contributed by atoms with Gasteiger partial charge in [-0.15, -0.1) is 0 Å². The summed E-state index contributed by atoms with van der Waals surface area (Å²) in [4.78, 5) is 0. The van der Waals surface area contributed by atoms with Gasteiger partial charge in [-0.1, -0.05) is 0 Å². The third-order valence-electron chi connectivity index (χ3n) is 0. The first kappa shape index (κ1) is 10.4. The van der Waals surface area contributed by atoms with Crippen LogP contribution in [0.2, 0.25) is 0 Å². The first-order valence-corrected chi connectivity index (χ1v) is 4.13. The van der Waals surface area contributed by atoms with Crippen LogP contribution in [0.4, 0.5) is 2.73 Å². The molecule has 0 aromatic heterocycles. The van der Waals surface area contributed by atoms with Gasteiger partial charge in [-0.3, -0.25) is 0 Å². The fourth-order valence-electron chi connectivity index (χ4n) is 0. The maximum Gasteiger partial charge on any atom is -1.00 e. The van der Waals surface area contributed by atoms with Gasteiger partial charge in [0.1, 0.15) is 0 Å². The van der Waals surface area contributed by atoms with Crippen LogP contribution in [-0.4, -0.2) is 37.7 Å². The Labute approximate surface area is 79.3 Å². The van der Waals surface area contributed by atoms with Crippen LogP contribution in [0.5, 0.6) is 0 Å². The van der Waals surface area contributed by atoms with Gasteiger partial charge in [0.2, 0.25) is 0 Å². The van der Waals surface area contributed by atoms with Crippen LogP contribution < -0.4 is 0 Å². The predicted molar refractivity (Wildman–Crippen MR) is 11.3 cm³/mol. The van der Waals surface area contributed by atoms with Crippen molar-refractivity contribution in [2.24, 2.45) is 0 Å². The van der Waals surface area contributed by atoms with Gasteiger partial charge in [0.15, 0.2) is 0 Å². The van der Waals surface area contributed by atoms with Gasteiger partial charge in [0.05, 0.1) is 0 Å². The Balaban J connectivity index is -0.0000000150. The van der Waals surface area contributed by atoms with Crippen molar-refractivity contribution in [3.8, 4) is 0 Å². The molecule has 0 aliphatic heterocycles. The third kappa shape index (κ3) is 21.4. The summed E-state index contributed by atoms with van der Waals surface area (Å²) in [6.07, 6.45) is 0. The maximum atomic E-state index is 9.88. The summed E-state index contributed by atoms with van der Waals surface area (Å²) in [7, 11) is 0. The molecule has 5 heavy (non-hydrogen) atoms. The van der Waals surface area contributed by atoms with E-state index in [-0.39, 0.29) is 40.6 Å². The number of rotatable bonds is 0. The molecule has 0 rings (SSSR count). The third-order valence-corrected chi connectivity index (χ3v) is 0. The van der Waals surface area contributed by atoms with Crippen molar-refractivity contribution in [3.05, 3.63) is 0 Å². The summed E-state index contributed by atoms with van der Waals surface area (Å²) in [5.74, 6) is 0. The Morgan fingerprint density at radius 1 is 1.20 bits per heavy atom. The summed E-state index contributed by atoms with van der Waals surface area (Å²) in [5.41, 5.74) is 0. The van der Waals surface area contributed by atoms with Gasteiger partial charge in [0, 0.05) is 0 Å². The average Bonchev–Trinajstić information content (AvgIpc) is 0.811. The van der Waals surface area contributed by atoms with Crippen molar-refractivity contribution >= 4 is 37.7 Å². The zero-order valence-electron chi connectivity index (χ0n) is 4.34. The number of halogens is 3. The van der Waals surface area contributed by atoms with Gasteiger partial charge < -0.3 is 2.85 Å². The van der Waals surface area contributed by atoms with E-state index in [1.165, 1.54) is 0 Å². The Kier molecular flexibility index (Phi) is 13.4. The molecule has 29 valence electrons. The molecule has 0 saturated carbocycles. The quantitative estimate of drug-likeness (QED) is 0.555. The summed E-state index contributed by atoms with van der Waals surface area (Å²) in [6, 6.07) is 0. The topological polar surface area (TPSA) is 0 Å². The second kappa shape index (κ2) is 6.43. The van der Waals surface area contributed by atoms with Crippen LogP contribution in [0.1, 0.15) is 2.85 Å². The number of hydrogen-bond donors (Lipinski definition) is 0. The molecule has 0 fully saturated rings. The van der Waals surface area contributed by atoms with E-state index in [1.54, 1.807) is 0 Å². The SMILES string of the molecule is [Ca+2].[F][Ce]([F])[F].[H-].[H-]. The monoisotopic (exact) mass is 239 g/mol. The van der Waals surface area contributed by atoms with Crippen molar-refractivity contribution in [3.63, 3.8) is 0 Å². The van der Waals surface area contributed by atoms with Crippen LogP contribution in [0.3, 0.4) is 0 Å². The largest absolute Gasteiger partial charge is 1.00 e. The van der Waals surface area contributed by atoms with Crippen molar-refractivity contribution < 1.29 is 43.5 Å². The van der Waals surface area contributed by atoms with E-state index < -0.39 is 37.9 Å². The Hall–Kier alpha value is 2.43. The van der Waals surface area contributed by atoms with Crippen molar-refractivity contribution in [1.82, 2.24) is 0 Å². The maximum absolute atomic E-state index is 9.88. The van der Waals surface area contributed by atoms with E-state index >= 15 is 0 Å². The molecule has 0 saturated heterocycles. The van der Waals surface area contributed by atoms with Crippen LogP contribution in [-0.2, 0) is 0 Å². The molecule has 0 bridgehead atoms. The van der Waals surface area contributed by atoms with E-state index in [2.05, 4.69) is 0 Å². The summed E-state index contributed by atoms with van der Waals surface area (Å²) < 4.78 is 29.6. The van der Waals surface area contributed by atoms with E-state index in [0.717, 1.165) is 0 Å². The van der Waals surface area contributed by atoms with E-state index in [1.807, 2.05) is 0 Å². The summed E-state index contributed by atoms with van der Waals surface area (Å²) in [5, 5.41) is 0. The standard InChI is InChI=1S/Ca.Ce.3FH.2H/h;;3*1H;;/q+2;+3;;;;2*-1/p-3. The molecule has 0 aliphatic carbocycles. The van der Waals surface area contributed by atoms with Gasteiger partial charge >= 0.3 is 78.4 Å². The molecule has 0 heterocycles. The molecule has 0 aromatic rings. The molecule has 0 aliphatic rings. The van der Waals surface area contributed by atoms with Crippen molar-refractivity contribution in [2.45, 2.75) is 0 Å². The first-order valence-electron chi connectivity index (χ1n) is 0.567. The molecule has 5 heteroatoms. The summed E-state index contributed by atoms with van der Waals surface area (Å²) >= 11 is -5.16. The normalized spacial score (nSPS) is 5.40. The molecule has 0 N–H and O–H groups in total. The molecule has 0 radical (unpaired) electrons. The van der Waals surface area contributed by atoms with Crippen molar-refractivity contribution in [2.75, 3.05) is 0 Å². The molecule has 0 unspecified atom stereocenters. The van der Waals surface area contributed by atoms with E-state index in [9.17, 15) is 2.73 Å². The Morgan fingerprint density at radius 3 is 1.20 bits per heavy atom. The second-order valence-corrected chi connectivity index (χ2v) is 1.56. The Morgan fingerprint density at radius 2 is 1.20 bits per heavy atom. The minimum atomic E-state index is -5.16. The molecule has 0 atom stereocenters. The smallest absolute Gasteiger partial charge is 1.00 e. The van der Waals surface area contributed by atoms with Crippen LogP contribution in [0, 0.1) is 37.9 Å². The average molecular weight is 239 g/mol. The minimum Gasteiger partial charge on any atom is -1.00 e. The van der Waals surface area contributed by atoms with E-state index in [4.69, 9.17) is 0 Å². The first-order chi connectivity index (χ1) is 1.73. The Bertz CT molecular complexity index is 17.7. The van der Waals surface area contributed by atoms with Gasteiger partial charge in [-0.2, -0.15) is 0 Å². The summed E-state index contributed by atoms with van der Waals surface area (Å²) in [6.45, 7) is 0.